The van der Waals surface area contributed by atoms with Crippen LogP contribution in [0.4, 0.5) is 13.2 Å². The van der Waals surface area contributed by atoms with Gasteiger partial charge in [-0.3, -0.25) is 9.36 Å². The van der Waals surface area contributed by atoms with Crippen LogP contribution < -0.4 is 10.1 Å². The fourth-order valence-electron chi connectivity index (χ4n) is 2.16. The number of pyridine rings is 1. The molecule has 0 saturated carbocycles. The monoisotopic (exact) mass is 362 g/mol. The Morgan fingerprint density at radius 2 is 1.92 bits per heavy atom. The third kappa shape index (κ3) is 4.59. The molecule has 0 bridgehead atoms. The summed E-state index contributed by atoms with van der Waals surface area (Å²) in [4.78, 5) is 20.3. The van der Waals surface area contributed by atoms with Crippen LogP contribution in [0.1, 0.15) is 15.9 Å². The third-order valence-electron chi connectivity index (χ3n) is 3.38. The molecular weight excluding hydrogens is 349 g/mol. The van der Waals surface area contributed by atoms with Gasteiger partial charge in [-0.1, -0.05) is 6.07 Å². The van der Waals surface area contributed by atoms with Gasteiger partial charge >= 0.3 is 6.36 Å². The van der Waals surface area contributed by atoms with Crippen molar-refractivity contribution in [1.82, 2.24) is 19.9 Å². The van der Waals surface area contributed by atoms with Crippen LogP contribution in [0, 0.1) is 0 Å². The molecule has 2 aromatic heterocycles. The molecule has 0 atom stereocenters. The molecule has 3 rings (SSSR count). The Morgan fingerprint density at radius 3 is 2.50 bits per heavy atom. The summed E-state index contributed by atoms with van der Waals surface area (Å²) in [5.41, 5.74) is 1.00. The molecule has 0 aliphatic rings. The van der Waals surface area contributed by atoms with Gasteiger partial charge in [0.1, 0.15) is 17.9 Å². The van der Waals surface area contributed by atoms with Crippen molar-refractivity contribution in [1.29, 1.82) is 0 Å². The van der Waals surface area contributed by atoms with Crippen LogP contribution >= 0.6 is 0 Å². The summed E-state index contributed by atoms with van der Waals surface area (Å²) in [7, 11) is 0. The summed E-state index contributed by atoms with van der Waals surface area (Å²) in [6.07, 6.45) is 1.88. The number of nitrogens with zero attached hydrogens (tertiary/aromatic N) is 3. The predicted octanol–water partition coefficient (Wildman–Crippen LogP) is 3.10. The average Bonchev–Trinajstić information content (AvgIpc) is 3.14. The smallest absolute Gasteiger partial charge is 0.406 e. The summed E-state index contributed by atoms with van der Waals surface area (Å²) in [5.74, 6) is -0.103. The molecule has 26 heavy (non-hydrogen) atoms. The molecule has 0 unspecified atom stereocenters. The van der Waals surface area contributed by atoms with Crippen LogP contribution in [-0.2, 0) is 6.54 Å². The number of halogens is 3. The van der Waals surface area contributed by atoms with Crippen molar-refractivity contribution in [2.75, 3.05) is 0 Å². The highest BCUT2D eigenvalue weighted by Crippen LogP contribution is 2.22. The molecule has 6 nitrogen and oxygen atoms in total. The van der Waals surface area contributed by atoms with Crippen molar-refractivity contribution in [3.8, 4) is 11.6 Å². The SMILES string of the molecule is O=C(NCc1ccc(-n2ccnc2)nc1)c1ccc(OC(F)(F)F)cc1. The maximum Gasteiger partial charge on any atom is 0.573 e. The van der Waals surface area contributed by atoms with E-state index in [1.165, 1.54) is 12.1 Å². The van der Waals surface area contributed by atoms with Gasteiger partial charge in [-0.2, -0.15) is 0 Å². The number of alkyl halides is 3. The van der Waals surface area contributed by atoms with Gasteiger partial charge in [0, 0.05) is 30.7 Å². The van der Waals surface area contributed by atoms with E-state index in [4.69, 9.17) is 0 Å². The largest absolute Gasteiger partial charge is 0.573 e. The lowest BCUT2D eigenvalue weighted by Crippen LogP contribution is -2.23. The highest BCUT2D eigenvalue weighted by molar-refractivity contribution is 5.94. The molecule has 1 aromatic carbocycles. The number of ether oxygens (including phenoxy) is 1. The number of hydrogen-bond donors (Lipinski definition) is 1. The zero-order chi connectivity index (χ0) is 18.6. The van der Waals surface area contributed by atoms with Crippen molar-refractivity contribution in [2.24, 2.45) is 0 Å². The minimum Gasteiger partial charge on any atom is -0.406 e. The van der Waals surface area contributed by atoms with Gasteiger partial charge in [0.05, 0.1) is 0 Å². The van der Waals surface area contributed by atoms with Crippen molar-refractivity contribution in [2.45, 2.75) is 12.9 Å². The number of carbonyl (C=O) groups is 1. The lowest BCUT2D eigenvalue weighted by Gasteiger charge is -2.09. The van der Waals surface area contributed by atoms with E-state index < -0.39 is 12.3 Å². The molecule has 0 fully saturated rings. The summed E-state index contributed by atoms with van der Waals surface area (Å²) >= 11 is 0. The van der Waals surface area contributed by atoms with Crippen molar-refractivity contribution < 1.29 is 22.7 Å². The molecule has 9 heteroatoms. The Bertz CT molecular complexity index is 861. The summed E-state index contributed by atoms with van der Waals surface area (Å²) < 4.78 is 41.8. The second kappa shape index (κ2) is 7.26. The molecule has 0 aliphatic heterocycles. The molecule has 0 aliphatic carbocycles. The molecule has 0 spiro atoms. The van der Waals surface area contributed by atoms with Crippen LogP contribution in [0.15, 0.2) is 61.3 Å². The predicted molar refractivity (Wildman–Crippen MR) is 85.7 cm³/mol. The number of carbonyl (C=O) groups excluding carboxylic acids is 1. The normalized spacial score (nSPS) is 11.2. The van der Waals surface area contributed by atoms with E-state index in [1.807, 2.05) is 6.07 Å². The van der Waals surface area contributed by atoms with Gasteiger partial charge < -0.3 is 10.1 Å². The molecule has 3 aromatic rings. The zero-order valence-corrected chi connectivity index (χ0v) is 13.3. The van der Waals surface area contributed by atoms with Crippen LogP contribution in [-0.4, -0.2) is 26.8 Å². The first-order chi connectivity index (χ1) is 12.4. The lowest BCUT2D eigenvalue weighted by atomic mass is 10.2. The minimum atomic E-state index is -4.76. The first kappa shape index (κ1) is 17.5. The highest BCUT2D eigenvalue weighted by atomic mass is 19.4. The Morgan fingerprint density at radius 1 is 1.15 bits per heavy atom. The van der Waals surface area contributed by atoms with E-state index in [0.717, 1.165) is 17.7 Å². The maximum absolute atomic E-state index is 12.1. The van der Waals surface area contributed by atoms with Crippen molar-refractivity contribution in [3.05, 3.63) is 72.4 Å². The molecule has 0 saturated heterocycles. The summed E-state index contributed by atoms with van der Waals surface area (Å²) in [6.45, 7) is 0.233. The third-order valence-corrected chi connectivity index (χ3v) is 3.38. The van der Waals surface area contributed by atoms with Crippen molar-refractivity contribution >= 4 is 5.91 Å². The van der Waals surface area contributed by atoms with E-state index in [0.29, 0.717) is 5.82 Å². The first-order valence-corrected chi connectivity index (χ1v) is 7.48. The van der Waals surface area contributed by atoms with Gasteiger partial charge in [-0.05, 0) is 35.9 Å². The van der Waals surface area contributed by atoms with E-state index in [2.05, 4.69) is 20.0 Å². The van der Waals surface area contributed by atoms with E-state index in [-0.39, 0.29) is 17.9 Å². The number of aromatic nitrogens is 3. The van der Waals surface area contributed by atoms with E-state index >= 15 is 0 Å². The molecule has 1 amide bonds. The molecule has 0 radical (unpaired) electrons. The number of hydrogen-bond acceptors (Lipinski definition) is 4. The van der Waals surface area contributed by atoms with E-state index in [9.17, 15) is 18.0 Å². The molecular formula is C17H13F3N4O2. The number of imidazole rings is 1. The number of nitrogens with one attached hydrogen (secondary N) is 1. The first-order valence-electron chi connectivity index (χ1n) is 7.48. The number of benzene rings is 1. The summed E-state index contributed by atoms with van der Waals surface area (Å²) in [5, 5.41) is 2.68. The van der Waals surface area contributed by atoms with Crippen LogP contribution in [0.25, 0.3) is 5.82 Å². The summed E-state index contributed by atoms with van der Waals surface area (Å²) in [6, 6.07) is 8.29. The minimum absolute atomic E-state index is 0.225. The Balaban J connectivity index is 1.56. The Kier molecular flexibility index (Phi) is 4.87. The lowest BCUT2D eigenvalue weighted by molar-refractivity contribution is -0.274. The van der Waals surface area contributed by atoms with Gasteiger partial charge in [0.2, 0.25) is 0 Å². The number of amides is 1. The topological polar surface area (TPSA) is 69.0 Å². The average molecular weight is 362 g/mol. The van der Waals surface area contributed by atoms with Crippen LogP contribution in [0.5, 0.6) is 5.75 Å². The Hall–Kier alpha value is -3.36. The van der Waals surface area contributed by atoms with Crippen LogP contribution in [0.3, 0.4) is 0 Å². The quantitative estimate of drug-likeness (QED) is 0.757. The van der Waals surface area contributed by atoms with Gasteiger partial charge in [-0.15, -0.1) is 13.2 Å². The maximum atomic E-state index is 12.1. The number of rotatable bonds is 5. The van der Waals surface area contributed by atoms with Gasteiger partial charge in [0.25, 0.3) is 5.91 Å². The fraction of sp³-hybridized carbons (Fsp3) is 0.118. The Labute approximate surface area is 146 Å². The van der Waals surface area contributed by atoms with Crippen LogP contribution in [0.2, 0.25) is 0 Å². The molecule has 1 N–H and O–H groups in total. The van der Waals surface area contributed by atoms with E-state index in [1.54, 1.807) is 35.6 Å². The molecule has 2 heterocycles. The second-order valence-corrected chi connectivity index (χ2v) is 5.25. The zero-order valence-electron chi connectivity index (χ0n) is 13.3. The van der Waals surface area contributed by atoms with Gasteiger partial charge in [-0.25, -0.2) is 9.97 Å². The highest BCUT2D eigenvalue weighted by Gasteiger charge is 2.31. The fourth-order valence-corrected chi connectivity index (χ4v) is 2.16. The standard InChI is InChI=1S/C17H13F3N4O2/c18-17(19,20)26-14-4-2-13(3-5-14)16(25)23-10-12-1-6-15(22-9-12)24-8-7-21-11-24/h1-9,11H,10H2,(H,23,25). The molecule has 134 valence electrons. The van der Waals surface area contributed by atoms with Gasteiger partial charge in [0.15, 0.2) is 0 Å². The second-order valence-electron chi connectivity index (χ2n) is 5.25. The van der Waals surface area contributed by atoms with Crippen molar-refractivity contribution in [3.63, 3.8) is 0 Å².